The zero-order valence-electron chi connectivity index (χ0n) is 7.31. The predicted molar refractivity (Wildman–Crippen MR) is 64.4 cm³/mol. The summed E-state index contributed by atoms with van der Waals surface area (Å²) in [5, 5.41) is 5.92. The highest BCUT2D eigenvalue weighted by Gasteiger charge is 1.97. The Hall–Kier alpha value is -1.12. The summed E-state index contributed by atoms with van der Waals surface area (Å²) in [7, 11) is 0. The molecule has 70 valence electrons. The minimum Gasteiger partial charge on any atom is -0.264 e. The molecule has 0 amide bonds. The number of hydrogen-bond donors (Lipinski definition) is 0. The van der Waals surface area contributed by atoms with Gasteiger partial charge in [0.05, 0.1) is 0 Å². The van der Waals surface area contributed by atoms with Crippen molar-refractivity contribution in [2.24, 2.45) is 0 Å². The second-order valence-electron chi connectivity index (χ2n) is 3.03. The molecular weight excluding hydrogens is 214 g/mol. The summed E-state index contributed by atoms with van der Waals surface area (Å²) in [4.78, 5) is 4.11. The highest BCUT2D eigenvalue weighted by Crippen LogP contribution is 2.25. The summed E-state index contributed by atoms with van der Waals surface area (Å²) >= 11 is 1.78. The molecule has 1 nitrogen and oxygen atoms in total. The molecule has 0 saturated carbocycles. The Morgan fingerprint density at radius 3 is 2.86 bits per heavy atom. The maximum atomic E-state index is 4.11. The lowest BCUT2D eigenvalue weighted by atomic mass is 10.1. The van der Waals surface area contributed by atoms with Crippen LogP contribution >= 0.6 is 23.7 Å². The summed E-state index contributed by atoms with van der Waals surface area (Å²) in [5.41, 5.74) is 0. The smallest absolute Gasteiger partial charge is 0.0349 e. The molecule has 2 heterocycles. The van der Waals surface area contributed by atoms with E-state index in [9.17, 15) is 0 Å². The van der Waals surface area contributed by atoms with Crippen LogP contribution in [0.5, 0.6) is 0 Å². The predicted octanol–water partition coefficient (Wildman–Crippen LogP) is 3.87. The highest BCUT2D eigenvalue weighted by molar-refractivity contribution is 7.17. The lowest BCUT2D eigenvalue weighted by molar-refractivity contribution is 1.37. The van der Waals surface area contributed by atoms with E-state index in [1.807, 2.05) is 12.4 Å². The Labute approximate surface area is 91.8 Å². The third kappa shape index (κ3) is 1.37. The standard InChI is InChI=1S/C11H7NS.ClH/c1-3-12-7-10-5-9-2-4-13-11(9)6-8(1)10;/h1-7H;1H. The molecule has 0 aliphatic rings. The molecule has 2 aromatic heterocycles. The molecule has 0 bridgehead atoms. The second-order valence-corrected chi connectivity index (χ2v) is 3.98. The molecule has 3 rings (SSSR count). The Morgan fingerprint density at radius 1 is 1.00 bits per heavy atom. The van der Waals surface area contributed by atoms with Gasteiger partial charge < -0.3 is 0 Å². The van der Waals surface area contributed by atoms with Crippen molar-refractivity contribution in [2.45, 2.75) is 0 Å². The average Bonchev–Trinajstić information content (AvgIpc) is 2.61. The van der Waals surface area contributed by atoms with E-state index in [2.05, 4.69) is 34.6 Å². The molecule has 0 fully saturated rings. The quantitative estimate of drug-likeness (QED) is 0.562. The van der Waals surface area contributed by atoms with Crippen LogP contribution in [0.15, 0.2) is 42.0 Å². The molecule has 3 heteroatoms. The van der Waals surface area contributed by atoms with Crippen molar-refractivity contribution in [1.82, 2.24) is 4.98 Å². The molecule has 0 aliphatic heterocycles. The molecule has 0 aliphatic carbocycles. The average molecular weight is 222 g/mol. The van der Waals surface area contributed by atoms with E-state index in [0.29, 0.717) is 0 Å². The number of hydrogen-bond acceptors (Lipinski definition) is 2. The second kappa shape index (κ2) is 3.56. The maximum Gasteiger partial charge on any atom is 0.0349 e. The van der Waals surface area contributed by atoms with Gasteiger partial charge >= 0.3 is 0 Å². The van der Waals surface area contributed by atoms with Crippen LogP contribution < -0.4 is 0 Å². The molecular formula is C11H8ClNS. The van der Waals surface area contributed by atoms with E-state index in [4.69, 9.17) is 0 Å². The lowest BCUT2D eigenvalue weighted by Crippen LogP contribution is -1.73. The van der Waals surface area contributed by atoms with Gasteiger partial charge in [0, 0.05) is 22.5 Å². The maximum absolute atomic E-state index is 4.11. The van der Waals surface area contributed by atoms with Gasteiger partial charge in [-0.25, -0.2) is 0 Å². The van der Waals surface area contributed by atoms with Crippen LogP contribution in [0.1, 0.15) is 0 Å². The fourth-order valence-corrected chi connectivity index (χ4v) is 2.36. The summed E-state index contributed by atoms with van der Waals surface area (Å²) in [6, 6.07) is 8.60. The van der Waals surface area contributed by atoms with E-state index in [0.717, 1.165) is 0 Å². The number of thiophene rings is 1. The monoisotopic (exact) mass is 221 g/mol. The number of pyridine rings is 1. The minimum absolute atomic E-state index is 0. The van der Waals surface area contributed by atoms with Gasteiger partial charge in [-0.1, -0.05) is 0 Å². The lowest BCUT2D eigenvalue weighted by Gasteiger charge is -1.95. The molecule has 0 atom stereocenters. The third-order valence-corrected chi connectivity index (χ3v) is 3.09. The van der Waals surface area contributed by atoms with Crippen molar-refractivity contribution >= 4 is 44.6 Å². The fraction of sp³-hybridized carbons (Fsp3) is 0. The third-order valence-electron chi connectivity index (χ3n) is 2.21. The summed E-state index contributed by atoms with van der Waals surface area (Å²) < 4.78 is 1.35. The van der Waals surface area contributed by atoms with E-state index in [1.165, 1.54) is 20.9 Å². The molecule has 1 aromatic carbocycles. The number of aromatic nitrogens is 1. The number of nitrogens with zero attached hydrogens (tertiary/aromatic N) is 1. The van der Waals surface area contributed by atoms with Gasteiger partial charge in [-0.15, -0.1) is 23.7 Å². The van der Waals surface area contributed by atoms with Gasteiger partial charge in [0.2, 0.25) is 0 Å². The molecule has 0 radical (unpaired) electrons. The van der Waals surface area contributed by atoms with Crippen LogP contribution in [0, 0.1) is 0 Å². The Morgan fingerprint density at radius 2 is 1.93 bits per heavy atom. The summed E-state index contributed by atoms with van der Waals surface area (Å²) in [6.07, 6.45) is 3.74. The van der Waals surface area contributed by atoms with Crippen LogP contribution in [0.2, 0.25) is 0 Å². The largest absolute Gasteiger partial charge is 0.264 e. The van der Waals surface area contributed by atoms with E-state index >= 15 is 0 Å². The van der Waals surface area contributed by atoms with Gasteiger partial charge in [0.25, 0.3) is 0 Å². The SMILES string of the molecule is Cl.c1cc2cc3sccc3cc2cn1. The molecule has 3 aromatic rings. The molecule has 0 N–H and O–H groups in total. The zero-order valence-corrected chi connectivity index (χ0v) is 8.94. The van der Waals surface area contributed by atoms with Gasteiger partial charge in [-0.3, -0.25) is 4.98 Å². The van der Waals surface area contributed by atoms with E-state index in [1.54, 1.807) is 11.3 Å². The first kappa shape index (κ1) is 9.44. The van der Waals surface area contributed by atoms with Crippen LogP contribution in [0.4, 0.5) is 0 Å². The highest BCUT2D eigenvalue weighted by atomic mass is 35.5. The topological polar surface area (TPSA) is 12.9 Å². The van der Waals surface area contributed by atoms with Crippen molar-refractivity contribution in [1.29, 1.82) is 0 Å². The first-order valence-corrected chi connectivity index (χ1v) is 5.02. The van der Waals surface area contributed by atoms with Gasteiger partial charge in [-0.2, -0.15) is 0 Å². The number of benzene rings is 1. The first-order valence-electron chi connectivity index (χ1n) is 4.14. The van der Waals surface area contributed by atoms with Crippen molar-refractivity contribution in [2.75, 3.05) is 0 Å². The fourth-order valence-electron chi connectivity index (χ4n) is 1.55. The van der Waals surface area contributed by atoms with Gasteiger partial charge in [-0.05, 0) is 40.4 Å². The number of halogens is 1. The molecule has 14 heavy (non-hydrogen) atoms. The van der Waals surface area contributed by atoms with Gasteiger partial charge in [0.1, 0.15) is 0 Å². The zero-order chi connectivity index (χ0) is 8.67. The normalized spacial score (nSPS) is 10.3. The van der Waals surface area contributed by atoms with Gasteiger partial charge in [0.15, 0.2) is 0 Å². The molecule has 0 spiro atoms. The summed E-state index contributed by atoms with van der Waals surface area (Å²) in [5.74, 6) is 0. The molecule has 0 unspecified atom stereocenters. The van der Waals surface area contributed by atoms with Crippen LogP contribution in [0.25, 0.3) is 20.9 Å². The Balaban J connectivity index is 0.000000750. The van der Waals surface area contributed by atoms with E-state index < -0.39 is 0 Å². The Kier molecular flexibility index (Phi) is 2.40. The van der Waals surface area contributed by atoms with Crippen LogP contribution in [-0.4, -0.2) is 4.98 Å². The number of rotatable bonds is 0. The van der Waals surface area contributed by atoms with Crippen LogP contribution in [-0.2, 0) is 0 Å². The van der Waals surface area contributed by atoms with Crippen molar-refractivity contribution in [3.63, 3.8) is 0 Å². The molecule has 0 saturated heterocycles. The summed E-state index contributed by atoms with van der Waals surface area (Å²) in [6.45, 7) is 0. The van der Waals surface area contributed by atoms with Crippen molar-refractivity contribution < 1.29 is 0 Å². The minimum atomic E-state index is 0. The number of fused-ring (bicyclic) bond motifs is 2. The van der Waals surface area contributed by atoms with Crippen molar-refractivity contribution in [3.05, 3.63) is 42.0 Å². The first-order chi connectivity index (χ1) is 6.43. The van der Waals surface area contributed by atoms with E-state index in [-0.39, 0.29) is 12.4 Å². The van der Waals surface area contributed by atoms with Crippen LogP contribution in [0.3, 0.4) is 0 Å². The Bertz CT molecular complexity index is 524. The van der Waals surface area contributed by atoms with Crippen molar-refractivity contribution in [3.8, 4) is 0 Å².